The van der Waals surface area contributed by atoms with Crippen molar-refractivity contribution >= 4 is 5.91 Å². The fraction of sp³-hybridized carbons (Fsp3) is 0.421. The van der Waals surface area contributed by atoms with Gasteiger partial charge < -0.3 is 14.4 Å². The number of hydrogen-bond donors (Lipinski definition) is 0. The maximum absolute atomic E-state index is 12.7. The minimum atomic E-state index is 0.103. The van der Waals surface area contributed by atoms with Crippen LogP contribution in [0.5, 0.6) is 11.9 Å². The predicted molar refractivity (Wildman–Crippen MR) is 94.9 cm³/mol. The lowest BCUT2D eigenvalue weighted by atomic mass is 10.1. The topological polar surface area (TPSA) is 64.5 Å². The quantitative estimate of drug-likeness (QED) is 0.854. The number of amides is 1. The van der Waals surface area contributed by atoms with Crippen molar-refractivity contribution in [3.63, 3.8) is 0 Å². The Balaban J connectivity index is 1.81. The molecule has 6 nitrogen and oxygen atoms in total. The Morgan fingerprint density at radius 2 is 1.64 bits per heavy atom. The number of likely N-dealkylation sites (tertiary alicyclic amines) is 1. The Kier molecular flexibility index (Phi) is 5.48. The highest BCUT2D eigenvalue weighted by molar-refractivity contribution is 5.94. The molecule has 6 heteroatoms. The molecule has 0 N–H and O–H groups in total. The van der Waals surface area contributed by atoms with E-state index in [1.807, 2.05) is 29.2 Å². The minimum absolute atomic E-state index is 0.103. The first-order valence-corrected chi connectivity index (χ1v) is 8.58. The van der Waals surface area contributed by atoms with Crippen molar-refractivity contribution in [3.05, 3.63) is 35.9 Å². The van der Waals surface area contributed by atoms with Gasteiger partial charge in [-0.25, -0.2) is 0 Å². The summed E-state index contributed by atoms with van der Waals surface area (Å²) in [6, 6.07) is 9.49. The summed E-state index contributed by atoms with van der Waals surface area (Å²) in [5, 5.41) is 0. The van der Waals surface area contributed by atoms with Crippen LogP contribution in [0.2, 0.25) is 0 Å². The van der Waals surface area contributed by atoms with Crippen LogP contribution in [-0.4, -0.2) is 48.1 Å². The van der Waals surface area contributed by atoms with Gasteiger partial charge >= 0.3 is 6.01 Å². The summed E-state index contributed by atoms with van der Waals surface area (Å²) >= 11 is 0. The minimum Gasteiger partial charge on any atom is -0.481 e. The zero-order valence-corrected chi connectivity index (χ0v) is 14.7. The molecule has 2 aromatic rings. The maximum atomic E-state index is 12.7. The average molecular weight is 341 g/mol. The predicted octanol–water partition coefficient (Wildman–Crippen LogP) is 3.18. The van der Waals surface area contributed by atoms with E-state index in [4.69, 9.17) is 9.47 Å². The Hall–Kier alpha value is -2.63. The molecule has 1 amide bonds. The number of nitrogens with zero attached hydrogens (tertiary/aromatic N) is 3. The first-order valence-electron chi connectivity index (χ1n) is 8.58. The van der Waals surface area contributed by atoms with E-state index in [0.717, 1.165) is 31.5 Å². The lowest BCUT2D eigenvalue weighted by Crippen LogP contribution is -2.31. The highest BCUT2D eigenvalue weighted by atomic mass is 16.5. The van der Waals surface area contributed by atoms with Crippen LogP contribution in [-0.2, 0) is 0 Å². The molecule has 1 aromatic heterocycles. The van der Waals surface area contributed by atoms with Gasteiger partial charge in [0.1, 0.15) is 0 Å². The van der Waals surface area contributed by atoms with Gasteiger partial charge in [0.15, 0.2) is 0 Å². The Morgan fingerprint density at radius 3 is 2.24 bits per heavy atom. The molecule has 25 heavy (non-hydrogen) atoms. The molecule has 0 saturated carbocycles. The third kappa shape index (κ3) is 4.07. The second-order valence-electron chi connectivity index (χ2n) is 6.07. The summed E-state index contributed by atoms with van der Waals surface area (Å²) in [4.78, 5) is 23.1. The van der Waals surface area contributed by atoms with E-state index in [9.17, 15) is 4.79 Å². The zero-order chi connectivity index (χ0) is 17.6. The molecule has 1 aliphatic heterocycles. The normalized spacial score (nSPS) is 14.7. The van der Waals surface area contributed by atoms with E-state index in [1.165, 1.54) is 20.0 Å². The third-order valence-corrected chi connectivity index (χ3v) is 4.39. The largest absolute Gasteiger partial charge is 0.481 e. The standard InChI is InChI=1S/C19H23N3O3/c1-24-17-13-16(20-19(21-17)25-2)14-7-9-15(10-8-14)18(23)22-11-5-3-4-6-12-22/h7-10,13H,3-6,11-12H2,1-2H3. The van der Waals surface area contributed by atoms with Gasteiger partial charge in [0, 0.05) is 30.3 Å². The Labute approximate surface area is 147 Å². The van der Waals surface area contributed by atoms with E-state index >= 15 is 0 Å². The number of methoxy groups -OCH3 is 2. The summed E-state index contributed by atoms with van der Waals surface area (Å²) in [5.41, 5.74) is 2.28. The fourth-order valence-corrected chi connectivity index (χ4v) is 2.99. The van der Waals surface area contributed by atoms with Gasteiger partial charge in [-0.2, -0.15) is 9.97 Å². The molecule has 3 rings (SSSR count). The van der Waals surface area contributed by atoms with Crippen LogP contribution in [0.1, 0.15) is 36.0 Å². The number of hydrogen-bond acceptors (Lipinski definition) is 5. The number of aromatic nitrogens is 2. The Morgan fingerprint density at radius 1 is 0.960 bits per heavy atom. The summed E-state index contributed by atoms with van der Waals surface area (Å²) in [5.74, 6) is 0.540. The lowest BCUT2D eigenvalue weighted by Gasteiger charge is -2.20. The van der Waals surface area contributed by atoms with Crippen LogP contribution < -0.4 is 9.47 Å². The molecule has 0 bridgehead atoms. The van der Waals surface area contributed by atoms with Gasteiger partial charge in [-0.05, 0) is 25.0 Å². The van der Waals surface area contributed by atoms with Crippen molar-refractivity contribution in [3.8, 4) is 23.1 Å². The van der Waals surface area contributed by atoms with Crippen LogP contribution in [0.3, 0.4) is 0 Å². The van der Waals surface area contributed by atoms with Crippen LogP contribution >= 0.6 is 0 Å². The molecule has 1 fully saturated rings. The molecule has 1 aliphatic rings. The van der Waals surface area contributed by atoms with Crippen LogP contribution in [0, 0.1) is 0 Å². The zero-order valence-electron chi connectivity index (χ0n) is 14.7. The summed E-state index contributed by atoms with van der Waals surface area (Å²) in [6.45, 7) is 1.70. The number of carbonyl (C=O) groups is 1. The summed E-state index contributed by atoms with van der Waals surface area (Å²) < 4.78 is 10.3. The first-order chi connectivity index (χ1) is 12.2. The van der Waals surface area contributed by atoms with Gasteiger partial charge in [-0.15, -0.1) is 0 Å². The molecule has 1 saturated heterocycles. The SMILES string of the molecule is COc1cc(-c2ccc(C(=O)N3CCCCCC3)cc2)nc(OC)n1. The summed E-state index contributed by atoms with van der Waals surface area (Å²) in [6.07, 6.45) is 4.59. The van der Waals surface area contributed by atoms with Gasteiger partial charge in [0.05, 0.1) is 19.9 Å². The second kappa shape index (κ2) is 7.96. The lowest BCUT2D eigenvalue weighted by molar-refractivity contribution is 0.0761. The van der Waals surface area contributed by atoms with Crippen LogP contribution in [0.4, 0.5) is 0 Å². The van der Waals surface area contributed by atoms with Crippen molar-refractivity contribution in [1.82, 2.24) is 14.9 Å². The van der Waals surface area contributed by atoms with Crippen molar-refractivity contribution in [1.29, 1.82) is 0 Å². The third-order valence-electron chi connectivity index (χ3n) is 4.39. The maximum Gasteiger partial charge on any atom is 0.320 e. The van der Waals surface area contributed by atoms with E-state index in [2.05, 4.69) is 9.97 Å². The second-order valence-corrected chi connectivity index (χ2v) is 6.07. The highest BCUT2D eigenvalue weighted by Crippen LogP contribution is 2.24. The van der Waals surface area contributed by atoms with Gasteiger partial charge in [-0.1, -0.05) is 25.0 Å². The van der Waals surface area contributed by atoms with Crippen LogP contribution in [0.15, 0.2) is 30.3 Å². The first kappa shape index (κ1) is 17.2. The molecule has 132 valence electrons. The number of ether oxygens (including phenoxy) is 2. The summed E-state index contributed by atoms with van der Waals surface area (Å²) in [7, 11) is 3.07. The highest BCUT2D eigenvalue weighted by Gasteiger charge is 2.17. The molecule has 0 atom stereocenters. The van der Waals surface area contributed by atoms with E-state index in [-0.39, 0.29) is 11.9 Å². The van der Waals surface area contributed by atoms with Crippen molar-refractivity contribution in [2.24, 2.45) is 0 Å². The molecular weight excluding hydrogens is 318 g/mol. The number of carbonyl (C=O) groups excluding carboxylic acids is 1. The fourth-order valence-electron chi connectivity index (χ4n) is 2.99. The molecule has 1 aromatic carbocycles. The molecular formula is C19H23N3O3. The Bertz CT molecular complexity index is 701. The molecule has 0 spiro atoms. The van der Waals surface area contributed by atoms with Gasteiger partial charge in [0.25, 0.3) is 5.91 Å². The van der Waals surface area contributed by atoms with E-state index in [1.54, 1.807) is 13.2 Å². The average Bonchev–Trinajstić information content (AvgIpc) is 2.96. The monoisotopic (exact) mass is 341 g/mol. The van der Waals surface area contributed by atoms with Crippen molar-refractivity contribution in [2.45, 2.75) is 25.7 Å². The number of benzene rings is 1. The van der Waals surface area contributed by atoms with E-state index in [0.29, 0.717) is 17.1 Å². The molecule has 2 heterocycles. The van der Waals surface area contributed by atoms with E-state index < -0.39 is 0 Å². The van der Waals surface area contributed by atoms with Crippen molar-refractivity contribution in [2.75, 3.05) is 27.3 Å². The van der Waals surface area contributed by atoms with Crippen molar-refractivity contribution < 1.29 is 14.3 Å². The molecule has 0 unspecified atom stereocenters. The smallest absolute Gasteiger partial charge is 0.320 e. The molecule has 0 radical (unpaired) electrons. The van der Waals surface area contributed by atoms with Crippen LogP contribution in [0.25, 0.3) is 11.3 Å². The molecule has 0 aliphatic carbocycles. The van der Waals surface area contributed by atoms with Gasteiger partial charge in [0.2, 0.25) is 5.88 Å². The van der Waals surface area contributed by atoms with Gasteiger partial charge in [-0.3, -0.25) is 4.79 Å². The number of rotatable bonds is 4.